The van der Waals surface area contributed by atoms with Crippen molar-refractivity contribution in [2.75, 3.05) is 51.2 Å². The summed E-state index contributed by atoms with van der Waals surface area (Å²) >= 11 is 1.28. The minimum atomic E-state index is -0.375. The van der Waals surface area contributed by atoms with Crippen LogP contribution in [0.5, 0.6) is 0 Å². The molecule has 0 spiro atoms. The summed E-state index contributed by atoms with van der Waals surface area (Å²) in [6, 6.07) is 7.14. The number of hydrogen-bond acceptors (Lipinski definition) is 6. The average Bonchev–Trinajstić information content (AvgIpc) is 3.08. The second-order valence-corrected chi connectivity index (χ2v) is 6.99. The van der Waals surface area contributed by atoms with Crippen molar-refractivity contribution in [3.63, 3.8) is 0 Å². The van der Waals surface area contributed by atoms with Crippen LogP contribution < -0.4 is 10.6 Å². The number of hydrogen-bond donors (Lipinski definition) is 2. The number of ether oxygens (including phenoxy) is 2. The number of urea groups is 1. The van der Waals surface area contributed by atoms with E-state index in [2.05, 4.69) is 15.6 Å². The van der Waals surface area contributed by atoms with Crippen molar-refractivity contribution in [3.05, 3.63) is 40.9 Å². The van der Waals surface area contributed by atoms with E-state index in [1.165, 1.54) is 11.3 Å². The number of nitrogens with zero attached hydrogens (tertiary/aromatic N) is 2. The fourth-order valence-corrected chi connectivity index (χ4v) is 3.16. The summed E-state index contributed by atoms with van der Waals surface area (Å²) in [7, 11) is 3.19. The van der Waals surface area contributed by atoms with Gasteiger partial charge >= 0.3 is 6.03 Å². The maximum absolute atomic E-state index is 12.5. The number of carbonyl (C=O) groups is 2. The number of anilines is 2. The number of thiazole rings is 1. The van der Waals surface area contributed by atoms with Gasteiger partial charge in [-0.25, -0.2) is 9.78 Å². The third-order valence-corrected chi connectivity index (χ3v) is 4.67. The summed E-state index contributed by atoms with van der Waals surface area (Å²) < 4.78 is 10.1. The van der Waals surface area contributed by atoms with Crippen LogP contribution in [-0.4, -0.2) is 62.3 Å². The van der Waals surface area contributed by atoms with Gasteiger partial charge in [0.05, 0.1) is 25.3 Å². The lowest BCUT2D eigenvalue weighted by atomic mass is 10.2. The first-order chi connectivity index (χ1) is 13.5. The zero-order valence-corrected chi connectivity index (χ0v) is 17.2. The van der Waals surface area contributed by atoms with Crippen LogP contribution in [0.3, 0.4) is 0 Å². The van der Waals surface area contributed by atoms with Crippen molar-refractivity contribution in [1.82, 2.24) is 9.88 Å². The largest absolute Gasteiger partial charge is 0.383 e. The molecule has 1 heterocycles. The molecular formula is C19H26N4O4S. The smallest absolute Gasteiger partial charge is 0.325 e. The maximum Gasteiger partial charge on any atom is 0.325 e. The lowest BCUT2D eigenvalue weighted by molar-refractivity contribution is -0.131. The second kappa shape index (κ2) is 11.4. The molecule has 0 aliphatic rings. The van der Waals surface area contributed by atoms with Crippen molar-refractivity contribution in [1.29, 1.82) is 0 Å². The molecule has 2 rings (SSSR count). The fraction of sp³-hybridized carbons (Fsp3) is 0.421. The van der Waals surface area contributed by atoms with E-state index in [1.807, 2.05) is 31.2 Å². The van der Waals surface area contributed by atoms with Gasteiger partial charge in [0.25, 0.3) is 0 Å². The van der Waals surface area contributed by atoms with E-state index in [9.17, 15) is 9.59 Å². The third-order valence-electron chi connectivity index (χ3n) is 3.86. The summed E-state index contributed by atoms with van der Waals surface area (Å²) in [4.78, 5) is 30.6. The lowest BCUT2D eigenvalue weighted by Gasteiger charge is -2.21. The van der Waals surface area contributed by atoms with E-state index in [-0.39, 0.29) is 18.4 Å². The Balaban J connectivity index is 1.89. The predicted molar refractivity (Wildman–Crippen MR) is 110 cm³/mol. The lowest BCUT2D eigenvalue weighted by Crippen LogP contribution is -2.37. The molecule has 1 aromatic heterocycles. The summed E-state index contributed by atoms with van der Waals surface area (Å²) in [5.41, 5.74) is 2.37. The van der Waals surface area contributed by atoms with Gasteiger partial charge in [-0.15, -0.1) is 11.3 Å². The molecule has 0 radical (unpaired) electrons. The predicted octanol–water partition coefficient (Wildman–Crippen LogP) is 2.76. The molecule has 0 fully saturated rings. The highest BCUT2D eigenvalue weighted by Crippen LogP contribution is 2.17. The van der Waals surface area contributed by atoms with E-state index in [4.69, 9.17) is 9.47 Å². The molecule has 8 nitrogen and oxygen atoms in total. The first-order valence-electron chi connectivity index (χ1n) is 8.86. The molecular weight excluding hydrogens is 380 g/mol. The maximum atomic E-state index is 12.5. The standard InChI is InChI=1S/C19H26N4O4S/c1-14-5-4-6-15(11-14)20-18(25)22-19-21-16(13-28-19)12-17(24)23(7-9-26-2)8-10-27-3/h4-6,11,13H,7-10,12H2,1-3H3,(H2,20,21,22,25). The number of aryl methyl sites for hydroxylation is 1. The van der Waals surface area contributed by atoms with Gasteiger partial charge in [-0.1, -0.05) is 12.1 Å². The van der Waals surface area contributed by atoms with Crippen molar-refractivity contribution >= 4 is 34.1 Å². The zero-order valence-electron chi connectivity index (χ0n) is 16.4. The van der Waals surface area contributed by atoms with Crippen molar-refractivity contribution in [2.45, 2.75) is 13.3 Å². The molecule has 152 valence electrons. The van der Waals surface area contributed by atoms with E-state index < -0.39 is 0 Å². The second-order valence-electron chi connectivity index (χ2n) is 6.14. The van der Waals surface area contributed by atoms with Gasteiger partial charge in [0.15, 0.2) is 5.13 Å². The SMILES string of the molecule is COCCN(CCOC)C(=O)Cc1csc(NC(=O)Nc2cccc(C)c2)n1. The van der Waals surface area contributed by atoms with E-state index in [1.54, 1.807) is 24.5 Å². The highest BCUT2D eigenvalue weighted by Gasteiger charge is 2.16. The molecule has 0 aliphatic heterocycles. The summed E-state index contributed by atoms with van der Waals surface area (Å²) in [5.74, 6) is -0.0600. The minimum Gasteiger partial charge on any atom is -0.383 e. The number of carbonyl (C=O) groups excluding carboxylic acids is 2. The van der Waals surface area contributed by atoms with Crippen LogP contribution in [0.15, 0.2) is 29.6 Å². The van der Waals surface area contributed by atoms with Gasteiger partial charge in [0, 0.05) is 38.4 Å². The molecule has 28 heavy (non-hydrogen) atoms. The Labute approximate surface area is 168 Å². The Bertz CT molecular complexity index is 773. The zero-order chi connectivity index (χ0) is 20.4. The van der Waals surface area contributed by atoms with Gasteiger partial charge in [-0.3, -0.25) is 10.1 Å². The minimum absolute atomic E-state index is 0.0600. The Morgan fingerprint density at radius 2 is 1.86 bits per heavy atom. The normalized spacial score (nSPS) is 10.5. The molecule has 9 heteroatoms. The molecule has 0 atom stereocenters. The number of nitrogens with one attached hydrogen (secondary N) is 2. The van der Waals surface area contributed by atoms with E-state index >= 15 is 0 Å². The van der Waals surface area contributed by atoms with Crippen LogP contribution in [-0.2, 0) is 20.7 Å². The molecule has 1 aromatic carbocycles. The van der Waals surface area contributed by atoms with Crippen LogP contribution in [0.1, 0.15) is 11.3 Å². The first-order valence-corrected chi connectivity index (χ1v) is 9.74. The molecule has 2 aromatic rings. The van der Waals surface area contributed by atoms with Gasteiger partial charge in [0.2, 0.25) is 5.91 Å². The Morgan fingerprint density at radius 1 is 1.14 bits per heavy atom. The number of methoxy groups -OCH3 is 2. The van der Waals surface area contributed by atoms with E-state index in [0.717, 1.165) is 5.56 Å². The number of aromatic nitrogens is 1. The Morgan fingerprint density at radius 3 is 2.50 bits per heavy atom. The molecule has 2 N–H and O–H groups in total. The Hall–Kier alpha value is -2.49. The van der Waals surface area contributed by atoms with E-state index in [0.29, 0.717) is 42.8 Å². The number of rotatable bonds is 10. The fourth-order valence-electron chi connectivity index (χ4n) is 2.46. The van der Waals surface area contributed by atoms with Crippen LogP contribution in [0.2, 0.25) is 0 Å². The highest BCUT2D eigenvalue weighted by molar-refractivity contribution is 7.14. The number of benzene rings is 1. The highest BCUT2D eigenvalue weighted by atomic mass is 32.1. The monoisotopic (exact) mass is 406 g/mol. The topological polar surface area (TPSA) is 92.8 Å². The van der Waals surface area contributed by atoms with Crippen LogP contribution in [0, 0.1) is 6.92 Å². The molecule has 0 saturated heterocycles. The molecule has 0 unspecified atom stereocenters. The van der Waals surface area contributed by atoms with Crippen molar-refractivity contribution in [2.24, 2.45) is 0 Å². The average molecular weight is 407 g/mol. The molecule has 0 bridgehead atoms. The third kappa shape index (κ3) is 7.26. The number of amides is 3. The molecule has 3 amide bonds. The van der Waals surface area contributed by atoms with Crippen molar-refractivity contribution in [3.8, 4) is 0 Å². The first kappa shape index (κ1) is 21.8. The molecule has 0 saturated carbocycles. The summed E-state index contributed by atoms with van der Waals surface area (Å²) in [6.07, 6.45) is 0.158. The quantitative estimate of drug-likeness (QED) is 0.633. The van der Waals surface area contributed by atoms with Gasteiger partial charge in [-0.2, -0.15) is 0 Å². The Kier molecular flexibility index (Phi) is 8.86. The van der Waals surface area contributed by atoms with Gasteiger partial charge < -0.3 is 19.7 Å². The molecule has 0 aliphatic carbocycles. The van der Waals surface area contributed by atoms with Gasteiger partial charge in [-0.05, 0) is 24.6 Å². The summed E-state index contributed by atoms with van der Waals surface area (Å²) in [6.45, 7) is 3.85. The van der Waals surface area contributed by atoms with Crippen LogP contribution in [0.4, 0.5) is 15.6 Å². The van der Waals surface area contributed by atoms with Crippen LogP contribution in [0.25, 0.3) is 0 Å². The van der Waals surface area contributed by atoms with Crippen LogP contribution >= 0.6 is 11.3 Å². The summed E-state index contributed by atoms with van der Waals surface area (Å²) in [5, 5.41) is 7.66. The van der Waals surface area contributed by atoms with Crippen molar-refractivity contribution < 1.29 is 19.1 Å². The van der Waals surface area contributed by atoms with Gasteiger partial charge in [0.1, 0.15) is 0 Å².